The zero-order valence-corrected chi connectivity index (χ0v) is 24.3. The highest BCUT2D eigenvalue weighted by molar-refractivity contribution is 8.02. The zero-order valence-electron chi connectivity index (χ0n) is 23.5. The highest BCUT2D eigenvalue weighted by Crippen LogP contribution is 2.69. The Kier molecular flexibility index (Phi) is 9.27. The average molecular weight is 554 g/mol. The van der Waals surface area contributed by atoms with E-state index in [2.05, 4.69) is 33.9 Å². The molecule has 1 aromatic carbocycles. The maximum atomic E-state index is 14.5. The van der Waals surface area contributed by atoms with Crippen LogP contribution in [0.4, 0.5) is 5.69 Å². The Hall–Kier alpha value is -2.58. The monoisotopic (exact) mass is 553 g/mol. The number of benzene rings is 1. The summed E-state index contributed by atoms with van der Waals surface area (Å²) >= 11 is 1.69. The number of para-hydroxylation sites is 1. The van der Waals surface area contributed by atoms with Crippen LogP contribution < -0.4 is 4.90 Å². The molecule has 3 saturated heterocycles. The van der Waals surface area contributed by atoms with E-state index >= 15 is 0 Å². The van der Waals surface area contributed by atoms with Gasteiger partial charge >= 0.3 is 0 Å². The van der Waals surface area contributed by atoms with Gasteiger partial charge in [-0.25, -0.2) is 0 Å². The molecule has 3 aliphatic heterocycles. The number of likely N-dealkylation sites (tertiary alicyclic amines) is 1. The molecule has 1 spiro atoms. The molecule has 7 atom stereocenters. The summed E-state index contributed by atoms with van der Waals surface area (Å²) in [7, 11) is 0. The summed E-state index contributed by atoms with van der Waals surface area (Å²) in [6, 6.07) is 8.84. The second-order valence-electron chi connectivity index (χ2n) is 11.2. The molecule has 4 unspecified atom stereocenters. The molecule has 3 heterocycles. The minimum Gasteiger partial charge on any atom is -0.396 e. The van der Waals surface area contributed by atoms with Crippen LogP contribution in [-0.4, -0.2) is 80.9 Å². The lowest BCUT2D eigenvalue weighted by Crippen LogP contribution is -2.58. The molecule has 3 fully saturated rings. The first-order valence-electron chi connectivity index (χ1n) is 14.3. The van der Waals surface area contributed by atoms with Gasteiger partial charge in [-0.3, -0.25) is 14.4 Å². The van der Waals surface area contributed by atoms with E-state index in [-0.39, 0.29) is 41.5 Å². The lowest BCUT2D eigenvalue weighted by atomic mass is 9.65. The largest absolute Gasteiger partial charge is 0.396 e. The molecule has 0 aromatic heterocycles. The summed E-state index contributed by atoms with van der Waals surface area (Å²) < 4.78 is -0.684. The van der Waals surface area contributed by atoms with Crippen LogP contribution >= 0.6 is 11.8 Å². The molecule has 0 saturated carbocycles. The van der Waals surface area contributed by atoms with Gasteiger partial charge in [-0.05, 0) is 44.2 Å². The Labute approximate surface area is 237 Å². The molecule has 3 amide bonds. The Balaban J connectivity index is 1.78. The predicted octanol–water partition coefficient (Wildman–Crippen LogP) is 4.13. The summed E-state index contributed by atoms with van der Waals surface area (Å²) in [5.41, 5.74) is 0.776. The van der Waals surface area contributed by atoms with Gasteiger partial charge in [0.25, 0.3) is 0 Å². The van der Waals surface area contributed by atoms with E-state index in [0.29, 0.717) is 26.1 Å². The normalized spacial score (nSPS) is 29.7. The summed E-state index contributed by atoms with van der Waals surface area (Å²) in [4.78, 5) is 48.3. The van der Waals surface area contributed by atoms with Gasteiger partial charge in [0.15, 0.2) is 0 Å². The van der Waals surface area contributed by atoms with Crippen molar-refractivity contribution in [2.24, 2.45) is 17.8 Å². The molecule has 8 heteroatoms. The third kappa shape index (κ3) is 4.95. The minimum atomic E-state index is -0.684. The van der Waals surface area contributed by atoms with Crippen molar-refractivity contribution in [3.63, 3.8) is 0 Å². The van der Waals surface area contributed by atoms with Crippen molar-refractivity contribution in [3.05, 3.63) is 55.6 Å². The maximum absolute atomic E-state index is 14.5. The van der Waals surface area contributed by atoms with Gasteiger partial charge in [0.1, 0.15) is 6.04 Å². The fraction of sp³-hybridized carbons (Fsp3) is 0.581. The first kappa shape index (κ1) is 29.4. The summed E-state index contributed by atoms with van der Waals surface area (Å²) in [6.07, 6.45) is 6.42. The molecule has 3 aliphatic rings. The number of aliphatic hydroxyl groups excluding tert-OH is 1. The quantitative estimate of drug-likeness (QED) is 0.372. The number of aliphatic hydroxyl groups is 1. The molecule has 39 heavy (non-hydrogen) atoms. The molecule has 1 aromatic rings. The van der Waals surface area contributed by atoms with Gasteiger partial charge in [0, 0.05) is 43.2 Å². The summed E-state index contributed by atoms with van der Waals surface area (Å²) in [6.45, 7) is 15.0. The van der Waals surface area contributed by atoms with Gasteiger partial charge in [-0.2, -0.15) is 0 Å². The van der Waals surface area contributed by atoms with E-state index in [1.807, 2.05) is 35.2 Å². The number of hydrogen-bond acceptors (Lipinski definition) is 5. The smallest absolute Gasteiger partial charge is 0.247 e. The third-order valence-electron chi connectivity index (χ3n) is 8.81. The van der Waals surface area contributed by atoms with E-state index in [1.54, 1.807) is 33.7 Å². The number of fused-ring (bicyclic) bond motifs is 1. The SMILES string of the molecule is C=CCN(C(=O)[C@@H]1[C@@H]2CC(C)C3(S2)C(C(=O)N(CC=C)C(C)CCC)N(CCCO)C(=O)[C@H]13)c1ccccc1. The number of thioether (sulfide) groups is 1. The standard InChI is InChI=1S/C31H43N3O4S/c1-6-13-22(5)32(16-7-2)30(38)27-31-21(4)20-24(39-31)25(26(31)29(37)34(27)18-12-19-35)28(36)33(17-8-3)23-14-10-9-11-15-23/h7-11,14-15,21-22,24-27,35H,2-3,6,12-13,16-20H2,1,4-5H3/t21?,22?,24-,25+,26-,27?,31?/m0/s1. The topological polar surface area (TPSA) is 81.2 Å². The molecule has 0 radical (unpaired) electrons. The Bertz CT molecular complexity index is 1080. The second kappa shape index (κ2) is 12.3. The van der Waals surface area contributed by atoms with Crippen LogP contribution in [-0.2, 0) is 14.4 Å². The van der Waals surface area contributed by atoms with Crippen molar-refractivity contribution < 1.29 is 19.5 Å². The molecule has 7 nitrogen and oxygen atoms in total. The predicted molar refractivity (Wildman–Crippen MR) is 157 cm³/mol. The van der Waals surface area contributed by atoms with Crippen LogP contribution in [0.15, 0.2) is 55.6 Å². The molecule has 2 bridgehead atoms. The summed E-state index contributed by atoms with van der Waals surface area (Å²) in [5, 5.41) is 9.62. The highest BCUT2D eigenvalue weighted by atomic mass is 32.2. The Morgan fingerprint density at radius 2 is 1.90 bits per heavy atom. The van der Waals surface area contributed by atoms with Crippen LogP contribution in [0.3, 0.4) is 0 Å². The fourth-order valence-electron chi connectivity index (χ4n) is 7.16. The van der Waals surface area contributed by atoms with E-state index in [0.717, 1.165) is 24.9 Å². The lowest BCUT2D eigenvalue weighted by molar-refractivity contribution is -0.144. The summed E-state index contributed by atoms with van der Waals surface area (Å²) in [5.74, 6) is -1.29. The van der Waals surface area contributed by atoms with Crippen molar-refractivity contribution in [2.75, 3.05) is 31.1 Å². The van der Waals surface area contributed by atoms with Gasteiger partial charge < -0.3 is 19.8 Å². The number of carbonyl (C=O) groups excluding carboxylic acids is 3. The van der Waals surface area contributed by atoms with Crippen LogP contribution in [0, 0.1) is 17.8 Å². The number of anilines is 1. The lowest BCUT2D eigenvalue weighted by Gasteiger charge is -2.42. The van der Waals surface area contributed by atoms with Crippen molar-refractivity contribution in [1.29, 1.82) is 0 Å². The number of nitrogens with zero attached hydrogens (tertiary/aromatic N) is 3. The van der Waals surface area contributed by atoms with E-state index < -0.39 is 22.6 Å². The molecular weight excluding hydrogens is 510 g/mol. The van der Waals surface area contributed by atoms with Gasteiger partial charge in [-0.15, -0.1) is 24.9 Å². The van der Waals surface area contributed by atoms with Gasteiger partial charge in [-0.1, -0.05) is 50.6 Å². The number of carbonyl (C=O) groups is 3. The molecule has 212 valence electrons. The molecule has 4 rings (SSSR count). The second-order valence-corrected chi connectivity index (χ2v) is 12.7. The molecule has 0 aliphatic carbocycles. The number of rotatable bonds is 13. The highest BCUT2D eigenvalue weighted by Gasteiger charge is 2.76. The van der Waals surface area contributed by atoms with Gasteiger partial charge in [0.2, 0.25) is 17.7 Å². The van der Waals surface area contributed by atoms with Crippen LogP contribution in [0.1, 0.15) is 46.5 Å². The van der Waals surface area contributed by atoms with E-state index in [4.69, 9.17) is 0 Å². The molecular formula is C31H43N3O4S. The fourth-order valence-corrected chi connectivity index (χ4v) is 9.57. The number of hydrogen-bond donors (Lipinski definition) is 1. The maximum Gasteiger partial charge on any atom is 0.247 e. The van der Waals surface area contributed by atoms with Crippen LogP contribution in [0.2, 0.25) is 0 Å². The Morgan fingerprint density at radius 3 is 2.51 bits per heavy atom. The van der Waals surface area contributed by atoms with Crippen molar-refractivity contribution in [2.45, 2.75) is 68.5 Å². The van der Waals surface area contributed by atoms with Crippen molar-refractivity contribution in [3.8, 4) is 0 Å². The third-order valence-corrected chi connectivity index (χ3v) is 10.9. The van der Waals surface area contributed by atoms with Crippen LogP contribution in [0.5, 0.6) is 0 Å². The Morgan fingerprint density at radius 1 is 1.21 bits per heavy atom. The number of amides is 3. The zero-order chi connectivity index (χ0) is 28.3. The minimum absolute atomic E-state index is 0.00301. The first-order valence-corrected chi connectivity index (χ1v) is 15.1. The van der Waals surface area contributed by atoms with Gasteiger partial charge in [0.05, 0.1) is 16.6 Å². The average Bonchev–Trinajstić information content (AvgIpc) is 3.52. The van der Waals surface area contributed by atoms with Crippen LogP contribution in [0.25, 0.3) is 0 Å². The van der Waals surface area contributed by atoms with Crippen molar-refractivity contribution >= 4 is 35.2 Å². The van der Waals surface area contributed by atoms with Crippen molar-refractivity contribution in [1.82, 2.24) is 9.80 Å². The van der Waals surface area contributed by atoms with E-state index in [9.17, 15) is 19.5 Å². The molecule has 1 N–H and O–H groups in total. The first-order chi connectivity index (χ1) is 18.8. The van der Waals surface area contributed by atoms with E-state index in [1.165, 1.54) is 0 Å².